The lowest BCUT2D eigenvalue weighted by atomic mass is 9.92. The SMILES string of the molecule is CCNC(Cc1ccncc1)Cc1c(C)cc(C)cc1C. The Morgan fingerprint density at radius 3 is 2.19 bits per heavy atom. The van der Waals surface area contributed by atoms with Gasteiger partial charge in [0.2, 0.25) is 0 Å². The Morgan fingerprint density at radius 2 is 1.62 bits per heavy atom. The molecule has 1 atom stereocenters. The molecular weight excluding hydrogens is 256 g/mol. The van der Waals surface area contributed by atoms with Gasteiger partial charge in [-0.15, -0.1) is 0 Å². The van der Waals surface area contributed by atoms with Gasteiger partial charge in [-0.1, -0.05) is 24.6 Å². The topological polar surface area (TPSA) is 24.9 Å². The summed E-state index contributed by atoms with van der Waals surface area (Å²) >= 11 is 0. The number of pyridine rings is 1. The van der Waals surface area contributed by atoms with E-state index in [0.29, 0.717) is 6.04 Å². The predicted octanol–water partition coefficient (Wildman–Crippen LogP) is 3.77. The van der Waals surface area contributed by atoms with Crippen molar-refractivity contribution in [2.75, 3.05) is 6.54 Å². The summed E-state index contributed by atoms with van der Waals surface area (Å²) in [6, 6.07) is 9.27. The summed E-state index contributed by atoms with van der Waals surface area (Å²) in [5.74, 6) is 0. The van der Waals surface area contributed by atoms with E-state index < -0.39 is 0 Å². The maximum Gasteiger partial charge on any atom is 0.0270 e. The second-order valence-corrected chi connectivity index (χ2v) is 5.90. The number of aromatic nitrogens is 1. The molecule has 2 nitrogen and oxygen atoms in total. The summed E-state index contributed by atoms with van der Waals surface area (Å²) in [4.78, 5) is 4.10. The van der Waals surface area contributed by atoms with Crippen molar-refractivity contribution in [1.29, 1.82) is 0 Å². The van der Waals surface area contributed by atoms with Crippen molar-refractivity contribution >= 4 is 0 Å². The number of likely N-dealkylation sites (N-methyl/N-ethyl adjacent to an activating group) is 1. The van der Waals surface area contributed by atoms with Crippen LogP contribution < -0.4 is 5.32 Å². The molecule has 0 fully saturated rings. The number of hydrogen-bond donors (Lipinski definition) is 1. The zero-order valence-electron chi connectivity index (χ0n) is 13.6. The Balaban J connectivity index is 2.17. The van der Waals surface area contributed by atoms with Crippen LogP contribution in [0.25, 0.3) is 0 Å². The summed E-state index contributed by atoms with van der Waals surface area (Å²) in [6.07, 6.45) is 5.87. The van der Waals surface area contributed by atoms with Gasteiger partial charge in [0.15, 0.2) is 0 Å². The third-order valence-corrected chi connectivity index (χ3v) is 4.02. The van der Waals surface area contributed by atoms with E-state index in [1.54, 1.807) is 0 Å². The lowest BCUT2D eigenvalue weighted by molar-refractivity contribution is 0.519. The lowest BCUT2D eigenvalue weighted by Crippen LogP contribution is -2.33. The molecule has 0 spiro atoms. The van der Waals surface area contributed by atoms with Crippen molar-refractivity contribution in [2.24, 2.45) is 0 Å². The normalized spacial score (nSPS) is 12.4. The Bertz CT molecular complexity index is 552. The Morgan fingerprint density at radius 1 is 1.00 bits per heavy atom. The van der Waals surface area contributed by atoms with Gasteiger partial charge in [-0.05, 0) is 74.5 Å². The fourth-order valence-corrected chi connectivity index (χ4v) is 3.09. The predicted molar refractivity (Wildman–Crippen MR) is 89.8 cm³/mol. The standard InChI is InChI=1S/C19H26N2/c1-5-21-18(12-17-6-8-20-9-7-17)13-19-15(3)10-14(2)11-16(19)4/h6-11,18,21H,5,12-13H2,1-4H3. The minimum atomic E-state index is 0.470. The second kappa shape index (κ2) is 7.37. The van der Waals surface area contributed by atoms with Gasteiger partial charge in [0, 0.05) is 18.4 Å². The third kappa shape index (κ3) is 4.40. The van der Waals surface area contributed by atoms with Gasteiger partial charge in [0.05, 0.1) is 0 Å². The quantitative estimate of drug-likeness (QED) is 0.872. The Hall–Kier alpha value is -1.67. The van der Waals surface area contributed by atoms with Crippen LogP contribution in [0.2, 0.25) is 0 Å². The maximum atomic E-state index is 4.10. The molecule has 0 bridgehead atoms. The highest BCUT2D eigenvalue weighted by molar-refractivity contribution is 5.38. The van der Waals surface area contributed by atoms with Gasteiger partial charge < -0.3 is 5.32 Å². The fourth-order valence-electron chi connectivity index (χ4n) is 3.09. The number of benzene rings is 1. The Kier molecular flexibility index (Phi) is 5.51. The average molecular weight is 282 g/mol. The van der Waals surface area contributed by atoms with Crippen LogP contribution in [0.1, 0.15) is 34.7 Å². The minimum absolute atomic E-state index is 0.470. The Labute approximate surface area is 128 Å². The summed E-state index contributed by atoms with van der Waals surface area (Å²) in [5, 5.41) is 3.63. The number of aryl methyl sites for hydroxylation is 3. The van der Waals surface area contributed by atoms with Crippen molar-refractivity contribution in [3.05, 3.63) is 64.5 Å². The molecule has 21 heavy (non-hydrogen) atoms. The molecule has 1 heterocycles. The molecule has 1 unspecified atom stereocenters. The first-order chi connectivity index (χ1) is 10.1. The molecule has 112 valence electrons. The van der Waals surface area contributed by atoms with Crippen molar-refractivity contribution in [1.82, 2.24) is 10.3 Å². The van der Waals surface area contributed by atoms with Gasteiger partial charge in [-0.25, -0.2) is 0 Å². The van der Waals surface area contributed by atoms with Crippen LogP contribution in [0.4, 0.5) is 0 Å². The zero-order chi connectivity index (χ0) is 15.2. The van der Waals surface area contributed by atoms with Gasteiger partial charge in [-0.2, -0.15) is 0 Å². The first-order valence-corrected chi connectivity index (χ1v) is 7.79. The van der Waals surface area contributed by atoms with Crippen LogP contribution in [0.15, 0.2) is 36.7 Å². The molecule has 0 aliphatic heterocycles. The maximum absolute atomic E-state index is 4.10. The summed E-state index contributed by atoms with van der Waals surface area (Å²) in [5.41, 5.74) is 7.00. The molecular formula is C19H26N2. The minimum Gasteiger partial charge on any atom is -0.314 e. The molecule has 0 aliphatic carbocycles. The lowest BCUT2D eigenvalue weighted by Gasteiger charge is -2.21. The van der Waals surface area contributed by atoms with E-state index in [0.717, 1.165) is 19.4 Å². The molecule has 0 saturated carbocycles. The molecule has 0 saturated heterocycles. The molecule has 1 aromatic carbocycles. The van der Waals surface area contributed by atoms with Crippen LogP contribution in [0.5, 0.6) is 0 Å². The van der Waals surface area contributed by atoms with Gasteiger partial charge in [-0.3, -0.25) is 4.98 Å². The molecule has 2 heteroatoms. The van der Waals surface area contributed by atoms with E-state index in [2.05, 4.69) is 62.3 Å². The smallest absolute Gasteiger partial charge is 0.0270 e. The molecule has 0 amide bonds. The van der Waals surface area contributed by atoms with E-state index in [4.69, 9.17) is 0 Å². The van der Waals surface area contributed by atoms with Crippen LogP contribution >= 0.6 is 0 Å². The van der Waals surface area contributed by atoms with Gasteiger partial charge in [0.1, 0.15) is 0 Å². The first-order valence-electron chi connectivity index (χ1n) is 7.79. The highest BCUT2D eigenvalue weighted by Gasteiger charge is 2.13. The van der Waals surface area contributed by atoms with E-state index in [-0.39, 0.29) is 0 Å². The average Bonchev–Trinajstić information content (AvgIpc) is 2.44. The van der Waals surface area contributed by atoms with Crippen molar-refractivity contribution in [2.45, 2.75) is 46.6 Å². The fraction of sp³-hybridized carbons (Fsp3) is 0.421. The number of nitrogens with one attached hydrogen (secondary N) is 1. The third-order valence-electron chi connectivity index (χ3n) is 4.02. The molecule has 1 N–H and O–H groups in total. The second-order valence-electron chi connectivity index (χ2n) is 5.90. The summed E-state index contributed by atoms with van der Waals surface area (Å²) in [7, 11) is 0. The highest BCUT2D eigenvalue weighted by atomic mass is 14.9. The monoisotopic (exact) mass is 282 g/mol. The van der Waals surface area contributed by atoms with E-state index in [9.17, 15) is 0 Å². The molecule has 2 aromatic rings. The number of hydrogen-bond acceptors (Lipinski definition) is 2. The van der Waals surface area contributed by atoms with Crippen molar-refractivity contribution in [3.63, 3.8) is 0 Å². The molecule has 0 radical (unpaired) electrons. The van der Waals surface area contributed by atoms with Crippen LogP contribution in [-0.4, -0.2) is 17.6 Å². The highest BCUT2D eigenvalue weighted by Crippen LogP contribution is 2.19. The van der Waals surface area contributed by atoms with Crippen LogP contribution in [0.3, 0.4) is 0 Å². The van der Waals surface area contributed by atoms with Crippen molar-refractivity contribution < 1.29 is 0 Å². The van der Waals surface area contributed by atoms with E-state index >= 15 is 0 Å². The van der Waals surface area contributed by atoms with Crippen LogP contribution in [0, 0.1) is 20.8 Å². The zero-order valence-corrected chi connectivity index (χ0v) is 13.6. The summed E-state index contributed by atoms with van der Waals surface area (Å²) in [6.45, 7) is 9.80. The van der Waals surface area contributed by atoms with E-state index in [1.165, 1.54) is 27.8 Å². The largest absolute Gasteiger partial charge is 0.314 e. The first kappa shape index (κ1) is 15.7. The van der Waals surface area contributed by atoms with Crippen LogP contribution in [-0.2, 0) is 12.8 Å². The molecule has 1 aromatic heterocycles. The van der Waals surface area contributed by atoms with E-state index in [1.807, 2.05) is 12.4 Å². The van der Waals surface area contributed by atoms with Gasteiger partial charge >= 0.3 is 0 Å². The van der Waals surface area contributed by atoms with Crippen molar-refractivity contribution in [3.8, 4) is 0 Å². The molecule has 0 aliphatic rings. The number of nitrogens with zero attached hydrogens (tertiary/aromatic N) is 1. The van der Waals surface area contributed by atoms with Gasteiger partial charge in [0.25, 0.3) is 0 Å². The summed E-state index contributed by atoms with van der Waals surface area (Å²) < 4.78 is 0. The number of rotatable bonds is 6. The molecule has 2 rings (SSSR count).